The van der Waals surface area contributed by atoms with Crippen LogP contribution >= 0.6 is 11.3 Å². The van der Waals surface area contributed by atoms with Crippen LogP contribution in [-0.4, -0.2) is 15.0 Å². The van der Waals surface area contributed by atoms with Crippen molar-refractivity contribution in [1.29, 1.82) is 0 Å². The van der Waals surface area contributed by atoms with Gasteiger partial charge in [0.15, 0.2) is 17.5 Å². The van der Waals surface area contributed by atoms with Crippen molar-refractivity contribution in [2.24, 2.45) is 0 Å². The van der Waals surface area contributed by atoms with Gasteiger partial charge in [0.2, 0.25) is 0 Å². The summed E-state index contributed by atoms with van der Waals surface area (Å²) in [5.74, 6) is 1.98. The van der Waals surface area contributed by atoms with Crippen LogP contribution in [0.4, 0.5) is 0 Å². The number of hydrogen-bond acceptors (Lipinski definition) is 4. The van der Waals surface area contributed by atoms with Crippen molar-refractivity contribution in [3.8, 4) is 67.5 Å². The first kappa shape index (κ1) is 34.0. The lowest BCUT2D eigenvalue weighted by Crippen LogP contribution is -2.03. The molecule has 0 saturated heterocycles. The minimum atomic E-state index is 0.661. The Bertz CT molecular complexity index is 3130. The third kappa shape index (κ3) is 6.21. The molecule has 2 heterocycles. The second-order valence-corrected chi connectivity index (χ2v) is 15.8. The maximum Gasteiger partial charge on any atom is 0.164 e. The summed E-state index contributed by atoms with van der Waals surface area (Å²) in [5.41, 5.74) is 15.6. The minimum absolute atomic E-state index is 0.661. The summed E-state index contributed by atoms with van der Waals surface area (Å²) >= 11 is 1.84. The molecule has 0 amide bonds. The Balaban J connectivity index is 0.967. The minimum Gasteiger partial charge on any atom is -0.208 e. The van der Waals surface area contributed by atoms with Crippen LogP contribution in [0, 0.1) is 0 Å². The number of fused-ring (bicyclic) bond motifs is 6. The van der Waals surface area contributed by atoms with Crippen molar-refractivity contribution in [2.75, 3.05) is 0 Å². The zero-order valence-corrected chi connectivity index (χ0v) is 32.3. The average Bonchev–Trinajstić information content (AvgIpc) is 3.68. The first-order valence-corrected chi connectivity index (χ1v) is 20.5. The zero-order valence-electron chi connectivity index (χ0n) is 31.5. The van der Waals surface area contributed by atoms with Crippen LogP contribution < -0.4 is 0 Å². The van der Waals surface area contributed by atoms with Crippen molar-refractivity contribution < 1.29 is 0 Å². The van der Waals surface area contributed by atoms with Gasteiger partial charge < -0.3 is 0 Å². The Morgan fingerprint density at radius 1 is 0.379 bits per heavy atom. The molecule has 272 valence electrons. The van der Waals surface area contributed by atoms with E-state index in [1.54, 1.807) is 0 Å². The Hall–Kier alpha value is -7.27. The van der Waals surface area contributed by atoms with Gasteiger partial charge >= 0.3 is 0 Å². The number of benzene rings is 8. The van der Waals surface area contributed by atoms with Gasteiger partial charge in [0, 0.05) is 36.9 Å². The van der Waals surface area contributed by atoms with E-state index in [0.717, 1.165) is 23.1 Å². The number of nitrogens with zero attached hydrogens (tertiary/aromatic N) is 3. The molecular weight excluding hydrogens is 723 g/mol. The maximum atomic E-state index is 5.01. The largest absolute Gasteiger partial charge is 0.208 e. The fraction of sp³-hybridized carbons (Fsp3) is 0.0185. The number of rotatable bonds is 6. The topological polar surface area (TPSA) is 38.7 Å². The van der Waals surface area contributed by atoms with E-state index in [0.29, 0.717) is 17.5 Å². The Morgan fingerprint density at radius 3 is 1.69 bits per heavy atom. The van der Waals surface area contributed by atoms with E-state index in [1.807, 2.05) is 72.0 Å². The molecule has 0 radical (unpaired) electrons. The van der Waals surface area contributed by atoms with Crippen LogP contribution in [0.1, 0.15) is 16.7 Å². The van der Waals surface area contributed by atoms with Gasteiger partial charge in [0.25, 0.3) is 0 Å². The molecule has 2 aromatic heterocycles. The maximum absolute atomic E-state index is 5.01. The van der Waals surface area contributed by atoms with Gasteiger partial charge in [0.1, 0.15) is 0 Å². The predicted octanol–water partition coefficient (Wildman–Crippen LogP) is 14.3. The van der Waals surface area contributed by atoms with Crippen LogP contribution in [0.2, 0.25) is 0 Å². The van der Waals surface area contributed by atoms with Gasteiger partial charge in [0.05, 0.1) is 0 Å². The fourth-order valence-corrected chi connectivity index (χ4v) is 9.53. The average molecular weight is 758 g/mol. The molecule has 0 fully saturated rings. The highest BCUT2D eigenvalue weighted by Crippen LogP contribution is 2.44. The number of thiophene rings is 1. The van der Waals surface area contributed by atoms with Gasteiger partial charge in [-0.05, 0) is 92.4 Å². The molecule has 11 rings (SSSR count). The molecule has 3 nitrogen and oxygen atoms in total. The van der Waals surface area contributed by atoms with Crippen LogP contribution in [0.3, 0.4) is 0 Å². The van der Waals surface area contributed by atoms with Crippen LogP contribution in [0.25, 0.3) is 99.4 Å². The highest BCUT2D eigenvalue weighted by Gasteiger charge is 2.21. The van der Waals surface area contributed by atoms with Gasteiger partial charge in [-0.15, -0.1) is 11.3 Å². The molecule has 0 saturated carbocycles. The highest BCUT2D eigenvalue weighted by atomic mass is 32.1. The number of aromatic nitrogens is 3. The van der Waals surface area contributed by atoms with Crippen molar-refractivity contribution in [3.63, 3.8) is 0 Å². The summed E-state index contributed by atoms with van der Waals surface area (Å²) in [4.78, 5) is 14.9. The normalized spacial score (nSPS) is 12.8. The Kier molecular flexibility index (Phi) is 8.41. The van der Waals surface area contributed by atoms with E-state index in [9.17, 15) is 0 Å². The van der Waals surface area contributed by atoms with Gasteiger partial charge in [-0.25, -0.2) is 15.0 Å². The third-order valence-electron chi connectivity index (χ3n) is 11.2. The second kappa shape index (κ2) is 14.3. The lowest BCUT2D eigenvalue weighted by Gasteiger charge is -2.23. The van der Waals surface area contributed by atoms with Crippen LogP contribution in [0.5, 0.6) is 0 Å². The van der Waals surface area contributed by atoms with E-state index < -0.39 is 0 Å². The molecule has 0 bridgehead atoms. The molecular formula is C54H35N3S. The second-order valence-electron chi connectivity index (χ2n) is 14.8. The monoisotopic (exact) mass is 757 g/mol. The molecule has 4 heteroatoms. The fourth-order valence-electron chi connectivity index (χ4n) is 8.31. The summed E-state index contributed by atoms with van der Waals surface area (Å²) < 4.78 is 2.51. The standard InChI is InChI=1S/C54H35N3S/c1-4-14-35(15-5-1)30-43-32-41-27-26-39(33-48(41)46-23-11-10-22-44(43)46)38-20-12-21-40(31-38)45-24-13-25-47-49-34-42(28-29-50(49)58-51(45)47)54-56-52(36-16-6-2-7-17-36)55-53(57-54)37-18-8-3-9-19-37/h1-31,33-34H,32H2/b43-30-. The lowest BCUT2D eigenvalue weighted by molar-refractivity contribution is 1.07. The van der Waals surface area contributed by atoms with Crippen molar-refractivity contribution in [3.05, 3.63) is 211 Å². The smallest absolute Gasteiger partial charge is 0.164 e. The first-order chi connectivity index (χ1) is 28.7. The highest BCUT2D eigenvalue weighted by molar-refractivity contribution is 7.26. The molecule has 0 N–H and O–H groups in total. The Morgan fingerprint density at radius 2 is 0.948 bits per heavy atom. The van der Waals surface area contributed by atoms with E-state index in [1.165, 1.54) is 75.8 Å². The molecule has 1 aliphatic carbocycles. The van der Waals surface area contributed by atoms with Crippen LogP contribution in [0.15, 0.2) is 194 Å². The third-order valence-corrected chi connectivity index (χ3v) is 12.4. The first-order valence-electron chi connectivity index (χ1n) is 19.6. The quantitative estimate of drug-likeness (QED) is 0.170. The van der Waals surface area contributed by atoms with Gasteiger partial charge in [-0.2, -0.15) is 0 Å². The molecule has 10 aromatic rings. The molecule has 58 heavy (non-hydrogen) atoms. The SMILES string of the molecule is C(=C1\Cc2ccc(-c3cccc(-c4cccc5c4sc4ccc(-c6nc(-c7ccccc7)nc(-c7ccccc7)n6)cc45)c3)cc2-c2ccccc21)/c1ccccc1. The van der Waals surface area contributed by atoms with Crippen LogP contribution in [-0.2, 0) is 6.42 Å². The van der Waals surface area contributed by atoms with E-state index in [2.05, 4.69) is 140 Å². The van der Waals surface area contributed by atoms with Gasteiger partial charge in [-0.3, -0.25) is 0 Å². The van der Waals surface area contributed by atoms with Crippen molar-refractivity contribution >= 4 is 43.2 Å². The zero-order chi connectivity index (χ0) is 38.4. The summed E-state index contributed by atoms with van der Waals surface area (Å²) in [5, 5.41) is 2.43. The molecule has 1 aliphatic rings. The lowest BCUT2D eigenvalue weighted by atomic mass is 9.80. The summed E-state index contributed by atoms with van der Waals surface area (Å²) in [6.45, 7) is 0. The van der Waals surface area contributed by atoms with E-state index >= 15 is 0 Å². The molecule has 8 aromatic carbocycles. The van der Waals surface area contributed by atoms with Gasteiger partial charge in [-0.1, -0.05) is 170 Å². The Labute approximate surface area is 341 Å². The summed E-state index contributed by atoms with van der Waals surface area (Å²) in [6.07, 6.45) is 3.25. The molecule has 0 atom stereocenters. The number of hydrogen-bond donors (Lipinski definition) is 0. The van der Waals surface area contributed by atoms with Crippen molar-refractivity contribution in [1.82, 2.24) is 15.0 Å². The van der Waals surface area contributed by atoms with E-state index in [-0.39, 0.29) is 0 Å². The summed E-state index contributed by atoms with van der Waals surface area (Å²) in [6, 6.07) is 69.1. The predicted molar refractivity (Wildman–Crippen MR) is 243 cm³/mol. The van der Waals surface area contributed by atoms with E-state index in [4.69, 9.17) is 15.0 Å². The molecule has 0 unspecified atom stereocenters. The molecule has 0 aliphatic heterocycles. The van der Waals surface area contributed by atoms with Crippen molar-refractivity contribution in [2.45, 2.75) is 6.42 Å². The number of allylic oxidation sites excluding steroid dienone is 1. The molecule has 0 spiro atoms. The summed E-state index contributed by atoms with van der Waals surface area (Å²) in [7, 11) is 0.